The van der Waals surface area contributed by atoms with Crippen LogP contribution in [0.15, 0.2) is 65.5 Å². The third-order valence-electron chi connectivity index (χ3n) is 4.84. The fraction of sp³-hybridized carbons (Fsp3) is 0.130. The number of ether oxygens (including phenoxy) is 1. The first-order valence-corrected chi connectivity index (χ1v) is 10.4. The molecule has 1 heterocycles. The van der Waals surface area contributed by atoms with Gasteiger partial charge < -0.3 is 10.1 Å². The van der Waals surface area contributed by atoms with Gasteiger partial charge in [0.2, 0.25) is 5.95 Å². The van der Waals surface area contributed by atoms with E-state index in [9.17, 15) is 9.18 Å². The highest BCUT2D eigenvalue weighted by atomic mass is 127. The molecule has 0 saturated heterocycles. The van der Waals surface area contributed by atoms with Gasteiger partial charge in [0.1, 0.15) is 11.6 Å². The SMILES string of the molecule is COc1ccc(CNc2nc3ccc(I)cc3c(=O)n2-c2ccc(F)cc2C)cc1. The summed E-state index contributed by atoms with van der Waals surface area (Å²) in [7, 11) is 1.62. The van der Waals surface area contributed by atoms with Gasteiger partial charge in [-0.25, -0.2) is 13.9 Å². The minimum Gasteiger partial charge on any atom is -0.497 e. The summed E-state index contributed by atoms with van der Waals surface area (Å²) in [4.78, 5) is 18.1. The number of hydrogen-bond donors (Lipinski definition) is 1. The van der Waals surface area contributed by atoms with Crippen molar-refractivity contribution in [2.24, 2.45) is 0 Å². The van der Waals surface area contributed by atoms with Crippen molar-refractivity contribution < 1.29 is 9.13 Å². The summed E-state index contributed by atoms with van der Waals surface area (Å²) >= 11 is 2.17. The van der Waals surface area contributed by atoms with Crippen molar-refractivity contribution in [3.63, 3.8) is 0 Å². The molecular formula is C23H19FIN3O2. The Morgan fingerprint density at radius 1 is 1.10 bits per heavy atom. The molecule has 0 aliphatic carbocycles. The van der Waals surface area contributed by atoms with Crippen LogP contribution in [0.25, 0.3) is 16.6 Å². The van der Waals surface area contributed by atoms with Crippen LogP contribution in [0.5, 0.6) is 5.75 Å². The van der Waals surface area contributed by atoms with Gasteiger partial charge in [0.15, 0.2) is 0 Å². The van der Waals surface area contributed by atoms with Crippen LogP contribution in [0.2, 0.25) is 0 Å². The first-order chi connectivity index (χ1) is 14.5. The van der Waals surface area contributed by atoms with Gasteiger partial charge in [-0.15, -0.1) is 0 Å². The molecule has 1 aromatic heterocycles. The number of aryl methyl sites for hydroxylation is 1. The number of hydrogen-bond acceptors (Lipinski definition) is 4. The van der Waals surface area contributed by atoms with E-state index in [2.05, 4.69) is 27.9 Å². The van der Waals surface area contributed by atoms with E-state index in [4.69, 9.17) is 9.72 Å². The second-order valence-electron chi connectivity index (χ2n) is 6.87. The molecule has 7 heteroatoms. The number of halogens is 2. The van der Waals surface area contributed by atoms with Crippen molar-refractivity contribution in [2.75, 3.05) is 12.4 Å². The molecule has 1 N–H and O–H groups in total. The maximum atomic E-state index is 13.7. The summed E-state index contributed by atoms with van der Waals surface area (Å²) in [6.07, 6.45) is 0. The van der Waals surface area contributed by atoms with Gasteiger partial charge in [-0.3, -0.25) is 4.79 Å². The van der Waals surface area contributed by atoms with Crippen LogP contribution in [-0.4, -0.2) is 16.7 Å². The molecular weight excluding hydrogens is 496 g/mol. The second-order valence-corrected chi connectivity index (χ2v) is 8.12. The predicted octanol–water partition coefficient (Wildman–Crippen LogP) is 5.06. The molecule has 0 aliphatic heterocycles. The minimum absolute atomic E-state index is 0.203. The Morgan fingerprint density at radius 2 is 1.87 bits per heavy atom. The maximum Gasteiger partial charge on any atom is 0.267 e. The highest BCUT2D eigenvalue weighted by molar-refractivity contribution is 14.1. The fourth-order valence-corrected chi connectivity index (χ4v) is 3.79. The van der Waals surface area contributed by atoms with Crippen molar-refractivity contribution in [3.05, 3.63) is 91.5 Å². The average molecular weight is 515 g/mol. The molecule has 0 unspecified atom stereocenters. The lowest BCUT2D eigenvalue weighted by atomic mass is 10.1. The Bertz CT molecular complexity index is 1290. The van der Waals surface area contributed by atoms with E-state index in [0.717, 1.165) is 14.9 Å². The second kappa shape index (κ2) is 8.43. The van der Waals surface area contributed by atoms with Crippen LogP contribution in [0.1, 0.15) is 11.1 Å². The first-order valence-electron chi connectivity index (χ1n) is 9.32. The Kier molecular flexibility index (Phi) is 5.72. The van der Waals surface area contributed by atoms with Crippen molar-refractivity contribution in [2.45, 2.75) is 13.5 Å². The van der Waals surface area contributed by atoms with Crippen LogP contribution >= 0.6 is 22.6 Å². The number of aromatic nitrogens is 2. The normalized spacial score (nSPS) is 10.9. The van der Waals surface area contributed by atoms with Gasteiger partial charge in [-0.05, 0) is 89.2 Å². The lowest BCUT2D eigenvalue weighted by molar-refractivity contribution is 0.414. The summed E-state index contributed by atoms with van der Waals surface area (Å²) in [6, 6.07) is 17.6. The zero-order valence-corrected chi connectivity index (χ0v) is 18.6. The zero-order valence-electron chi connectivity index (χ0n) is 16.4. The van der Waals surface area contributed by atoms with Gasteiger partial charge >= 0.3 is 0 Å². The molecule has 0 aliphatic rings. The Morgan fingerprint density at radius 3 is 2.57 bits per heavy atom. The molecule has 0 atom stereocenters. The number of anilines is 1. The number of nitrogens with zero attached hydrogens (tertiary/aromatic N) is 2. The largest absolute Gasteiger partial charge is 0.497 e. The molecule has 152 valence electrons. The quantitative estimate of drug-likeness (QED) is 0.378. The Balaban J connectivity index is 1.83. The van der Waals surface area contributed by atoms with Crippen LogP contribution in [0, 0.1) is 16.3 Å². The fourth-order valence-electron chi connectivity index (χ4n) is 3.29. The van der Waals surface area contributed by atoms with Crippen molar-refractivity contribution in [1.29, 1.82) is 0 Å². The Hall–Kier alpha value is -2.94. The molecule has 30 heavy (non-hydrogen) atoms. The van der Waals surface area contributed by atoms with Gasteiger partial charge in [0.05, 0.1) is 23.7 Å². The monoisotopic (exact) mass is 515 g/mol. The highest BCUT2D eigenvalue weighted by Gasteiger charge is 2.15. The molecule has 0 amide bonds. The van der Waals surface area contributed by atoms with E-state index in [1.54, 1.807) is 20.1 Å². The molecule has 5 nitrogen and oxygen atoms in total. The lowest BCUT2D eigenvalue weighted by Crippen LogP contribution is -2.24. The predicted molar refractivity (Wildman–Crippen MR) is 125 cm³/mol. The van der Waals surface area contributed by atoms with Crippen molar-refractivity contribution >= 4 is 39.4 Å². The lowest BCUT2D eigenvalue weighted by Gasteiger charge is -2.17. The smallest absolute Gasteiger partial charge is 0.267 e. The summed E-state index contributed by atoms with van der Waals surface area (Å²) in [5.41, 5.74) is 2.65. The Labute approximate surface area is 186 Å². The van der Waals surface area contributed by atoms with E-state index in [1.165, 1.54) is 16.7 Å². The number of benzene rings is 3. The molecule has 0 radical (unpaired) electrons. The van der Waals surface area contributed by atoms with E-state index in [1.807, 2.05) is 42.5 Å². The van der Waals surface area contributed by atoms with Gasteiger partial charge in [0, 0.05) is 10.1 Å². The summed E-state index contributed by atoms with van der Waals surface area (Å²) < 4.78 is 21.3. The average Bonchev–Trinajstić information content (AvgIpc) is 2.74. The van der Waals surface area contributed by atoms with Crippen molar-refractivity contribution in [1.82, 2.24) is 9.55 Å². The van der Waals surface area contributed by atoms with Crippen LogP contribution in [0.3, 0.4) is 0 Å². The van der Waals surface area contributed by atoms with Crippen LogP contribution < -0.4 is 15.6 Å². The molecule has 0 bridgehead atoms. The number of fused-ring (bicyclic) bond motifs is 1. The summed E-state index contributed by atoms with van der Waals surface area (Å²) in [5, 5.41) is 3.78. The summed E-state index contributed by atoms with van der Waals surface area (Å²) in [5.74, 6) is 0.829. The standard InChI is InChI=1S/C23H19FIN3O2/c1-14-11-16(24)5-10-21(14)28-22(29)19-12-17(25)6-9-20(19)27-23(28)26-13-15-3-7-18(30-2)8-4-15/h3-12H,13H2,1-2H3,(H,26,27). The molecule has 4 rings (SSSR count). The van der Waals surface area contributed by atoms with E-state index in [0.29, 0.717) is 34.6 Å². The maximum absolute atomic E-state index is 13.7. The molecule has 0 fully saturated rings. The van der Waals surface area contributed by atoms with E-state index < -0.39 is 0 Å². The zero-order chi connectivity index (χ0) is 21.3. The topological polar surface area (TPSA) is 56.1 Å². The third kappa shape index (κ3) is 4.02. The summed E-state index contributed by atoms with van der Waals surface area (Å²) in [6.45, 7) is 2.24. The van der Waals surface area contributed by atoms with Gasteiger partial charge in [-0.1, -0.05) is 12.1 Å². The van der Waals surface area contributed by atoms with Crippen molar-refractivity contribution in [3.8, 4) is 11.4 Å². The molecule has 4 aromatic rings. The number of rotatable bonds is 5. The highest BCUT2D eigenvalue weighted by Crippen LogP contribution is 2.22. The van der Waals surface area contributed by atoms with Gasteiger partial charge in [0.25, 0.3) is 5.56 Å². The molecule has 0 saturated carbocycles. The first kappa shape index (κ1) is 20.3. The number of nitrogens with one attached hydrogen (secondary N) is 1. The van der Waals surface area contributed by atoms with Crippen LogP contribution in [0.4, 0.5) is 10.3 Å². The third-order valence-corrected chi connectivity index (χ3v) is 5.51. The van der Waals surface area contributed by atoms with Gasteiger partial charge in [-0.2, -0.15) is 0 Å². The number of methoxy groups -OCH3 is 1. The van der Waals surface area contributed by atoms with E-state index >= 15 is 0 Å². The molecule has 0 spiro atoms. The molecule has 3 aromatic carbocycles. The van der Waals surface area contributed by atoms with Crippen LogP contribution in [-0.2, 0) is 6.54 Å². The van der Waals surface area contributed by atoms with E-state index in [-0.39, 0.29) is 11.4 Å². The minimum atomic E-state index is -0.347.